The van der Waals surface area contributed by atoms with Crippen LogP contribution in [0.15, 0.2) is 12.4 Å². The second kappa shape index (κ2) is 4.24. The van der Waals surface area contributed by atoms with Crippen LogP contribution >= 0.6 is 0 Å². The van der Waals surface area contributed by atoms with Gasteiger partial charge >= 0.3 is 0 Å². The van der Waals surface area contributed by atoms with Crippen molar-refractivity contribution in [3.8, 4) is 11.4 Å². The number of nitrogens with zero attached hydrogens (tertiary/aromatic N) is 3. The molecule has 3 N–H and O–H groups in total. The number of hydrogen-bond donors (Lipinski definition) is 2. The molecule has 0 saturated heterocycles. The van der Waals surface area contributed by atoms with E-state index in [1.54, 1.807) is 10.9 Å². The van der Waals surface area contributed by atoms with Crippen LogP contribution in [0.4, 0.5) is 5.82 Å². The Morgan fingerprint density at radius 3 is 2.59 bits per heavy atom. The highest BCUT2D eigenvalue weighted by atomic mass is 15.2. The summed E-state index contributed by atoms with van der Waals surface area (Å²) in [7, 11) is 1.88. The fraction of sp³-hybridized carbons (Fsp3) is 0.500. The molecule has 0 aliphatic heterocycles. The molecule has 0 fully saturated rings. The molecular weight excluding hydrogens is 214 g/mol. The van der Waals surface area contributed by atoms with E-state index in [-0.39, 0.29) is 0 Å². The number of hydrogen-bond acceptors (Lipinski definition) is 3. The van der Waals surface area contributed by atoms with Crippen molar-refractivity contribution in [1.82, 2.24) is 19.7 Å². The summed E-state index contributed by atoms with van der Waals surface area (Å²) in [4.78, 5) is 7.70. The maximum Gasteiger partial charge on any atom is 0.142 e. The van der Waals surface area contributed by atoms with Gasteiger partial charge in [0.25, 0.3) is 0 Å². The Kier molecular flexibility index (Phi) is 2.92. The monoisotopic (exact) mass is 233 g/mol. The van der Waals surface area contributed by atoms with Crippen LogP contribution in [0, 0.1) is 5.92 Å². The number of nitrogens with two attached hydrogens (primary N) is 1. The van der Waals surface area contributed by atoms with Crippen molar-refractivity contribution < 1.29 is 0 Å². The van der Waals surface area contributed by atoms with E-state index in [1.165, 1.54) is 0 Å². The van der Waals surface area contributed by atoms with Crippen LogP contribution in [0.25, 0.3) is 11.4 Å². The third kappa shape index (κ3) is 2.18. The highest BCUT2D eigenvalue weighted by molar-refractivity contribution is 5.57. The lowest BCUT2D eigenvalue weighted by atomic mass is 9.95. The number of aromatic amines is 1. The summed E-state index contributed by atoms with van der Waals surface area (Å²) < 4.78 is 1.75. The van der Waals surface area contributed by atoms with Gasteiger partial charge in [-0.1, -0.05) is 20.8 Å². The van der Waals surface area contributed by atoms with Gasteiger partial charge in [-0.15, -0.1) is 0 Å². The average molecular weight is 233 g/mol. The summed E-state index contributed by atoms with van der Waals surface area (Å²) in [6, 6.07) is 0. The summed E-state index contributed by atoms with van der Waals surface area (Å²) >= 11 is 0. The Labute approximate surface area is 101 Å². The Morgan fingerprint density at radius 2 is 2.06 bits per heavy atom. The van der Waals surface area contributed by atoms with E-state index in [0.717, 1.165) is 17.1 Å². The Bertz CT molecular complexity index is 509. The summed E-state index contributed by atoms with van der Waals surface area (Å²) in [5.74, 6) is 2.31. The first-order valence-corrected chi connectivity index (χ1v) is 5.83. The van der Waals surface area contributed by atoms with E-state index in [1.807, 2.05) is 13.2 Å². The van der Waals surface area contributed by atoms with Gasteiger partial charge in [-0.2, -0.15) is 5.10 Å². The lowest BCUT2D eigenvalue weighted by Crippen LogP contribution is -2.05. The van der Waals surface area contributed by atoms with Gasteiger partial charge in [-0.3, -0.25) is 4.68 Å². The molecule has 1 atom stereocenters. The zero-order valence-electron chi connectivity index (χ0n) is 10.7. The number of imidazole rings is 1. The van der Waals surface area contributed by atoms with Crippen LogP contribution in [0.5, 0.6) is 0 Å². The topological polar surface area (TPSA) is 72.5 Å². The molecule has 0 bridgehead atoms. The molecule has 92 valence electrons. The minimum atomic E-state index is 0.344. The normalized spacial score (nSPS) is 13.2. The molecule has 17 heavy (non-hydrogen) atoms. The van der Waals surface area contributed by atoms with Gasteiger partial charge in [0.1, 0.15) is 11.6 Å². The molecule has 2 aromatic rings. The minimum Gasteiger partial charge on any atom is -0.384 e. The van der Waals surface area contributed by atoms with E-state index in [2.05, 4.69) is 35.8 Å². The van der Waals surface area contributed by atoms with Gasteiger partial charge in [0.2, 0.25) is 0 Å². The maximum absolute atomic E-state index is 5.98. The van der Waals surface area contributed by atoms with Gasteiger partial charge in [0.15, 0.2) is 0 Å². The summed E-state index contributed by atoms with van der Waals surface area (Å²) in [5, 5.41) is 4.13. The predicted molar refractivity (Wildman–Crippen MR) is 68.5 cm³/mol. The number of rotatable bonds is 3. The molecule has 0 aromatic carbocycles. The van der Waals surface area contributed by atoms with E-state index in [4.69, 9.17) is 5.73 Å². The molecule has 1 unspecified atom stereocenters. The zero-order valence-corrected chi connectivity index (χ0v) is 10.7. The molecule has 5 heteroatoms. The van der Waals surface area contributed by atoms with Crippen molar-refractivity contribution in [2.45, 2.75) is 26.7 Å². The summed E-state index contributed by atoms with van der Waals surface area (Å²) in [6.07, 6.45) is 3.70. The number of nitrogens with one attached hydrogen (secondary N) is 1. The molecule has 0 saturated carbocycles. The first-order valence-electron chi connectivity index (χ1n) is 5.83. The molecule has 2 aromatic heterocycles. The zero-order chi connectivity index (χ0) is 12.6. The highest BCUT2D eigenvalue weighted by Gasteiger charge is 2.18. The third-order valence-electron chi connectivity index (χ3n) is 3.17. The smallest absolute Gasteiger partial charge is 0.142 e. The molecule has 0 radical (unpaired) electrons. The van der Waals surface area contributed by atoms with Gasteiger partial charge in [-0.25, -0.2) is 4.98 Å². The van der Waals surface area contributed by atoms with Crippen molar-refractivity contribution in [2.24, 2.45) is 13.0 Å². The van der Waals surface area contributed by atoms with Crippen LogP contribution in [0.3, 0.4) is 0 Å². The van der Waals surface area contributed by atoms with Crippen molar-refractivity contribution in [1.29, 1.82) is 0 Å². The first kappa shape index (κ1) is 11.7. The lowest BCUT2D eigenvalue weighted by molar-refractivity contribution is 0.527. The predicted octanol–water partition coefficient (Wildman–Crippen LogP) is 2.15. The molecule has 0 aliphatic carbocycles. The number of H-pyrrole nitrogens is 1. The number of anilines is 1. The van der Waals surface area contributed by atoms with E-state index < -0.39 is 0 Å². The first-order chi connectivity index (χ1) is 7.99. The molecule has 0 aliphatic rings. The molecule has 0 spiro atoms. The second-order valence-corrected chi connectivity index (χ2v) is 4.82. The summed E-state index contributed by atoms with van der Waals surface area (Å²) in [5.41, 5.74) is 7.88. The van der Waals surface area contributed by atoms with Gasteiger partial charge in [0.05, 0.1) is 17.5 Å². The summed E-state index contributed by atoms with van der Waals surface area (Å²) in [6.45, 7) is 6.48. The molecule has 2 rings (SSSR count). The molecule has 0 amide bonds. The fourth-order valence-corrected chi connectivity index (χ4v) is 1.74. The second-order valence-electron chi connectivity index (χ2n) is 4.82. The van der Waals surface area contributed by atoms with Gasteiger partial charge < -0.3 is 10.7 Å². The Morgan fingerprint density at radius 1 is 1.35 bits per heavy atom. The van der Waals surface area contributed by atoms with Crippen molar-refractivity contribution in [3.63, 3.8) is 0 Å². The minimum absolute atomic E-state index is 0.344. The third-order valence-corrected chi connectivity index (χ3v) is 3.17. The maximum atomic E-state index is 5.98. The molecular formula is C12H19N5. The van der Waals surface area contributed by atoms with Crippen LogP contribution < -0.4 is 5.73 Å². The standard InChI is InChI=1S/C12H19N5/c1-7(2)8(3)10-11(13)16-12(15-10)9-5-14-17(4)6-9/h5-8H,13H2,1-4H3,(H,15,16). The van der Waals surface area contributed by atoms with E-state index in [9.17, 15) is 0 Å². The van der Waals surface area contributed by atoms with E-state index in [0.29, 0.717) is 17.7 Å². The Balaban J connectivity index is 2.36. The van der Waals surface area contributed by atoms with Crippen LogP contribution in [-0.4, -0.2) is 19.7 Å². The SMILES string of the molecule is CC(C)C(C)c1nc(-c2cnn(C)c2)[nH]c1N. The average Bonchev–Trinajstić information content (AvgIpc) is 2.83. The number of aromatic nitrogens is 4. The molecule has 5 nitrogen and oxygen atoms in total. The highest BCUT2D eigenvalue weighted by Crippen LogP contribution is 2.29. The largest absolute Gasteiger partial charge is 0.384 e. The quantitative estimate of drug-likeness (QED) is 0.853. The van der Waals surface area contributed by atoms with Crippen molar-refractivity contribution in [3.05, 3.63) is 18.1 Å². The van der Waals surface area contributed by atoms with Gasteiger partial charge in [-0.05, 0) is 5.92 Å². The van der Waals surface area contributed by atoms with Crippen LogP contribution in [0.2, 0.25) is 0 Å². The van der Waals surface area contributed by atoms with Crippen LogP contribution in [0.1, 0.15) is 32.4 Å². The number of nitrogen functional groups attached to an aromatic ring is 1. The number of aryl methyl sites for hydroxylation is 1. The van der Waals surface area contributed by atoms with E-state index >= 15 is 0 Å². The lowest BCUT2D eigenvalue weighted by Gasteiger charge is -2.12. The van der Waals surface area contributed by atoms with Crippen molar-refractivity contribution in [2.75, 3.05) is 5.73 Å². The fourth-order valence-electron chi connectivity index (χ4n) is 1.74. The molecule has 2 heterocycles. The van der Waals surface area contributed by atoms with Crippen LogP contribution in [-0.2, 0) is 7.05 Å². The van der Waals surface area contributed by atoms with Gasteiger partial charge in [0, 0.05) is 19.2 Å². The Hall–Kier alpha value is -1.78. The van der Waals surface area contributed by atoms with Crippen molar-refractivity contribution >= 4 is 5.82 Å².